The zero-order valence-electron chi connectivity index (χ0n) is 76.0. The lowest BCUT2D eigenvalue weighted by Gasteiger charge is -2.25. The summed E-state index contributed by atoms with van der Waals surface area (Å²) in [6.07, 6.45) is 8.31. The summed E-state index contributed by atoms with van der Waals surface area (Å²) >= 11 is 0. The van der Waals surface area contributed by atoms with Crippen molar-refractivity contribution in [2.75, 3.05) is 0 Å². The molecule has 4 aliphatic rings. The van der Waals surface area contributed by atoms with Crippen LogP contribution in [0.5, 0.6) is 40.2 Å². The van der Waals surface area contributed by atoms with Crippen LogP contribution in [-0.4, -0.2) is 47.7 Å². The Morgan fingerprint density at radius 1 is 0.328 bits per heavy atom. The highest BCUT2D eigenvalue weighted by atomic mass is 16.6. The third kappa shape index (κ3) is 15.2. The number of benzene rings is 12. The highest BCUT2D eigenvalue weighted by Gasteiger charge is 2.36. The molecule has 128 heavy (non-hydrogen) atoms. The number of hydrogen-bond donors (Lipinski definition) is 4. The topological polar surface area (TPSA) is 187 Å². The molecule has 12 aromatic carbocycles. The van der Waals surface area contributed by atoms with E-state index in [2.05, 4.69) is 202 Å². The Bertz CT molecular complexity index is 7450. The molecule has 19 rings (SSSR count). The number of nitrogens with zero attached hydrogens (tertiary/aromatic N) is 2. The quantitative estimate of drug-likeness (QED) is 0.0949. The van der Waals surface area contributed by atoms with Gasteiger partial charge in [0.1, 0.15) is 72.3 Å². The van der Waals surface area contributed by atoms with Crippen LogP contribution in [0.4, 0.5) is 0 Å². The van der Waals surface area contributed by atoms with Crippen LogP contribution in [0.15, 0.2) is 218 Å². The predicted molar refractivity (Wildman–Crippen MR) is 520 cm³/mol. The van der Waals surface area contributed by atoms with E-state index in [0.29, 0.717) is 162 Å². The standard InChI is InChI=1S/C114H106N4O10/c1-109(2,3)71-37-49-91-81(55-71)98-87-45-44-86(117-87)97-80-40-36-74(112(10,11)12)58-94(80)126-61-69-52-64-28-20-24-32-76(64)101(104(69)119)100-75-31-23-19-27-63(75)51-67(95(100)107(121)128-114(16,17)18)59-125-93-57-73(111(7,8)9)35-39-79(93)96(83-41-42-84(97)115-83)85-43-46-88(116-85)99(90-48-47-89(98)118-90)82-56-72(110(4,5)6)38-50-92(82)124-62-70-54-66-30-22-26-34-78(66)103(106(70)127-108(122)113(13,14)15)102-77-33-25-21-29-65(77)53-68(60-123-91)105(102)120/h19-58,115,118-120H,59-62H2,1-18H3. The maximum absolute atomic E-state index is 16.0. The Balaban J connectivity index is 0.980. The Kier molecular flexibility index (Phi) is 20.2. The number of ether oxygens (including phenoxy) is 6. The van der Waals surface area contributed by atoms with E-state index in [4.69, 9.17) is 38.4 Å². The molecular weight excluding hydrogens is 1590 g/mol. The molecule has 4 aliphatic heterocycles. The van der Waals surface area contributed by atoms with Crippen LogP contribution in [0, 0.1) is 5.41 Å². The molecule has 0 aliphatic carbocycles. The fraction of sp³-hybridized carbons (Fsp3) is 0.246. The number of H-pyrrole nitrogens is 2. The average molecular weight is 1690 g/mol. The summed E-state index contributed by atoms with van der Waals surface area (Å²) in [6.45, 7) is 37.0. The van der Waals surface area contributed by atoms with Gasteiger partial charge in [-0.25, -0.2) is 14.8 Å². The highest BCUT2D eigenvalue weighted by Crippen LogP contribution is 2.54. The first-order valence-corrected chi connectivity index (χ1v) is 44.2. The smallest absolute Gasteiger partial charge is 0.339 e. The number of aromatic amines is 2. The number of phenols is 2. The molecule has 3 aromatic heterocycles. The van der Waals surface area contributed by atoms with Gasteiger partial charge in [0.15, 0.2) is 0 Å². The molecule has 642 valence electrons. The van der Waals surface area contributed by atoms with E-state index < -0.39 is 33.8 Å². The second kappa shape index (κ2) is 31.0. The Hall–Kier alpha value is -14.0. The van der Waals surface area contributed by atoms with Crippen LogP contribution in [0.25, 0.3) is 156 Å². The monoisotopic (exact) mass is 1690 g/mol. The normalized spacial score (nSPS) is 13.6. The second-order valence-electron chi connectivity index (χ2n) is 40.6. The van der Waals surface area contributed by atoms with Crippen LogP contribution in [0.2, 0.25) is 0 Å². The molecule has 0 saturated carbocycles. The summed E-state index contributed by atoms with van der Waals surface area (Å²) in [4.78, 5) is 51.2. The molecule has 0 spiro atoms. The number of rotatable bonds is 2. The van der Waals surface area contributed by atoms with Crippen molar-refractivity contribution in [1.82, 2.24) is 19.9 Å². The molecular formula is C114H106N4O10. The van der Waals surface area contributed by atoms with Gasteiger partial charge in [0.05, 0.1) is 33.8 Å². The van der Waals surface area contributed by atoms with Gasteiger partial charge in [-0.1, -0.05) is 217 Å². The number of phenolic OH excluding ortho intramolecular Hbond substituents is 2. The molecule has 14 heteroatoms. The minimum absolute atomic E-state index is 0.0457. The first-order chi connectivity index (χ1) is 60.9. The highest BCUT2D eigenvalue weighted by molar-refractivity contribution is 6.17. The van der Waals surface area contributed by atoms with E-state index in [9.17, 15) is 10.2 Å². The van der Waals surface area contributed by atoms with Crippen LogP contribution in [-0.2, 0) is 57.6 Å². The molecule has 4 N–H and O–H groups in total. The molecule has 0 saturated heterocycles. The number of carbonyl (C=O) groups excluding carboxylic acids is 2. The summed E-state index contributed by atoms with van der Waals surface area (Å²) in [6, 6.07) is 73.9. The number of carbonyl (C=O) groups is 2. The lowest BCUT2D eigenvalue weighted by Crippen LogP contribution is -2.26. The van der Waals surface area contributed by atoms with Crippen molar-refractivity contribution in [2.45, 2.75) is 178 Å². The Labute approximate surface area is 747 Å². The van der Waals surface area contributed by atoms with Crippen molar-refractivity contribution < 1.29 is 48.2 Å². The van der Waals surface area contributed by atoms with Gasteiger partial charge in [-0.15, -0.1) is 0 Å². The predicted octanol–water partition coefficient (Wildman–Crippen LogP) is 28.7. The summed E-state index contributed by atoms with van der Waals surface area (Å²) in [5, 5.41) is 33.5. The van der Waals surface area contributed by atoms with E-state index in [1.54, 1.807) is 0 Å². The molecule has 14 nitrogen and oxygen atoms in total. The van der Waals surface area contributed by atoms with Gasteiger partial charge in [0, 0.05) is 111 Å². The number of nitrogens with one attached hydrogen (secondary N) is 2. The van der Waals surface area contributed by atoms with Gasteiger partial charge in [-0.3, -0.25) is 4.79 Å². The molecule has 0 fully saturated rings. The average Bonchev–Trinajstić information content (AvgIpc) is 1.44. The van der Waals surface area contributed by atoms with Gasteiger partial charge < -0.3 is 48.6 Å². The summed E-state index contributed by atoms with van der Waals surface area (Å²) in [7, 11) is 0. The van der Waals surface area contributed by atoms with Crippen LogP contribution < -0.4 is 23.7 Å². The molecule has 0 atom stereocenters. The molecule has 0 amide bonds. The van der Waals surface area contributed by atoms with Gasteiger partial charge >= 0.3 is 11.9 Å². The summed E-state index contributed by atoms with van der Waals surface area (Å²) in [5.41, 5.74) is 15.5. The van der Waals surface area contributed by atoms with E-state index in [-0.39, 0.29) is 60.1 Å². The van der Waals surface area contributed by atoms with Crippen molar-refractivity contribution in [3.63, 3.8) is 0 Å². The molecule has 15 aromatic rings. The maximum atomic E-state index is 16.0. The minimum atomic E-state index is -0.972. The van der Waals surface area contributed by atoms with Crippen molar-refractivity contribution in [1.29, 1.82) is 0 Å². The number of hydrogen-bond acceptors (Lipinski definition) is 12. The number of aromatic nitrogens is 4. The fourth-order valence-electron chi connectivity index (χ4n) is 18.2. The van der Waals surface area contributed by atoms with E-state index in [1.807, 2.05) is 175 Å². The zero-order chi connectivity index (χ0) is 89.7. The Morgan fingerprint density at radius 2 is 0.648 bits per heavy atom. The third-order valence-electron chi connectivity index (χ3n) is 25.1. The van der Waals surface area contributed by atoms with Gasteiger partial charge in [-0.05, 0) is 238 Å². The molecule has 0 unspecified atom stereocenters. The largest absolute Gasteiger partial charge is 0.507 e. The molecule has 20 bridgehead atoms. The first kappa shape index (κ1) is 83.6. The van der Waals surface area contributed by atoms with Crippen LogP contribution in [0.1, 0.15) is 202 Å². The van der Waals surface area contributed by atoms with Crippen molar-refractivity contribution in [2.24, 2.45) is 5.41 Å². The maximum Gasteiger partial charge on any atom is 0.339 e. The van der Waals surface area contributed by atoms with Crippen LogP contribution >= 0.6 is 0 Å². The molecule has 0 radical (unpaired) electrons. The fourth-order valence-corrected chi connectivity index (χ4v) is 18.2. The van der Waals surface area contributed by atoms with E-state index in [1.165, 1.54) is 0 Å². The van der Waals surface area contributed by atoms with Crippen molar-refractivity contribution in [3.8, 4) is 107 Å². The van der Waals surface area contributed by atoms with Crippen molar-refractivity contribution >= 4 is 101 Å². The van der Waals surface area contributed by atoms with Gasteiger partial charge in [0.25, 0.3) is 0 Å². The molecule has 7 heterocycles. The number of esters is 2. The van der Waals surface area contributed by atoms with E-state index in [0.717, 1.165) is 60.0 Å². The lowest BCUT2D eigenvalue weighted by molar-refractivity contribution is -0.143. The van der Waals surface area contributed by atoms with Gasteiger partial charge in [-0.2, -0.15) is 0 Å². The van der Waals surface area contributed by atoms with Crippen molar-refractivity contribution in [3.05, 3.63) is 291 Å². The summed E-state index contributed by atoms with van der Waals surface area (Å²) in [5.74, 6) is 1.11. The third-order valence-corrected chi connectivity index (χ3v) is 25.1. The van der Waals surface area contributed by atoms with Gasteiger partial charge in [0.2, 0.25) is 0 Å². The van der Waals surface area contributed by atoms with Crippen LogP contribution in [0.3, 0.4) is 0 Å². The zero-order valence-corrected chi connectivity index (χ0v) is 76.0. The number of aromatic hydroxyl groups is 2. The first-order valence-electron chi connectivity index (χ1n) is 44.2. The van der Waals surface area contributed by atoms with E-state index >= 15 is 9.59 Å². The second-order valence-corrected chi connectivity index (χ2v) is 40.6. The minimum Gasteiger partial charge on any atom is -0.507 e. The number of fused-ring (bicyclic) bond motifs is 34. The lowest BCUT2D eigenvalue weighted by atomic mass is 9.85. The Morgan fingerprint density at radius 3 is 1.04 bits per heavy atom. The summed E-state index contributed by atoms with van der Waals surface area (Å²) < 4.78 is 43.7. The SMILES string of the molecule is CC(C)(C)OC(=O)c1c2cc3ccccc3c1-c1c(O)c(cc3ccccc13)COc1cc(C(C)(C)C)ccc1-c1c3nc(c4c5ccc([nH]5)c(c5nc(c(c6ccc1[nH]6)-c1ccc(C(C)(C)C)cc1OC2)C=C5)-c1cc(C(C)(C)C)ccc1OCc1cc2ccccc2c(c1OC(=O)C(C)(C)C)-c1c(O)c(cc2ccccc12)COc1ccc(C(C)(C)C)cc1-4)C=C3.